The first-order valence-electron chi connectivity index (χ1n) is 6.25. The second kappa shape index (κ2) is 4.78. The Morgan fingerprint density at radius 2 is 1.90 bits per heavy atom. The van der Waals surface area contributed by atoms with Gasteiger partial charge in [0, 0.05) is 31.4 Å². The van der Waals surface area contributed by atoms with E-state index in [4.69, 9.17) is 0 Å². The zero-order valence-corrected chi connectivity index (χ0v) is 11.2. The standard InChI is InChI=1S/C14H12N4O3/c1-16-8-2-3-13(16)12-9-14(19)17(15-12)10-4-6-11(7-5-10)18(20)21/h2-9,15H,1H3. The van der Waals surface area contributed by atoms with Crippen molar-refractivity contribution in [3.8, 4) is 17.1 Å². The molecule has 3 rings (SSSR count). The van der Waals surface area contributed by atoms with E-state index >= 15 is 0 Å². The number of H-pyrrole nitrogens is 1. The first-order chi connectivity index (χ1) is 10.1. The number of nitrogens with one attached hydrogen (secondary N) is 1. The average molecular weight is 284 g/mol. The van der Waals surface area contributed by atoms with Gasteiger partial charge in [-0.15, -0.1) is 0 Å². The van der Waals surface area contributed by atoms with Gasteiger partial charge in [0.1, 0.15) is 0 Å². The van der Waals surface area contributed by atoms with Crippen LogP contribution in [0.4, 0.5) is 5.69 Å². The number of hydrogen-bond acceptors (Lipinski definition) is 3. The number of nitrogens with zero attached hydrogens (tertiary/aromatic N) is 3. The number of benzene rings is 1. The summed E-state index contributed by atoms with van der Waals surface area (Å²) >= 11 is 0. The summed E-state index contributed by atoms with van der Waals surface area (Å²) in [5.74, 6) is 0. The van der Waals surface area contributed by atoms with Crippen LogP contribution < -0.4 is 5.56 Å². The third-order valence-electron chi connectivity index (χ3n) is 3.26. The number of hydrogen-bond donors (Lipinski definition) is 1. The summed E-state index contributed by atoms with van der Waals surface area (Å²) in [5, 5.41) is 13.6. The van der Waals surface area contributed by atoms with Crippen molar-refractivity contribution in [3.63, 3.8) is 0 Å². The van der Waals surface area contributed by atoms with E-state index < -0.39 is 4.92 Å². The van der Waals surface area contributed by atoms with Crippen LogP contribution in [-0.4, -0.2) is 19.3 Å². The van der Waals surface area contributed by atoms with Gasteiger partial charge in [0.15, 0.2) is 0 Å². The van der Waals surface area contributed by atoms with Crippen molar-refractivity contribution in [2.24, 2.45) is 7.05 Å². The summed E-state index contributed by atoms with van der Waals surface area (Å²) in [6.07, 6.45) is 1.89. The molecule has 1 N–H and O–H groups in total. The molecule has 0 atom stereocenters. The fourth-order valence-electron chi connectivity index (χ4n) is 2.18. The summed E-state index contributed by atoms with van der Waals surface area (Å²) < 4.78 is 3.25. The Labute approximate surface area is 119 Å². The maximum Gasteiger partial charge on any atom is 0.271 e. The first-order valence-corrected chi connectivity index (χ1v) is 6.25. The summed E-state index contributed by atoms with van der Waals surface area (Å²) in [6.45, 7) is 0. The Hall–Kier alpha value is -3.09. The van der Waals surface area contributed by atoms with Crippen molar-refractivity contribution in [2.45, 2.75) is 0 Å². The molecule has 0 aliphatic carbocycles. The molecule has 3 aromatic rings. The van der Waals surface area contributed by atoms with Gasteiger partial charge in [0.2, 0.25) is 0 Å². The van der Waals surface area contributed by atoms with Crippen LogP contribution in [0.2, 0.25) is 0 Å². The normalized spacial score (nSPS) is 10.7. The van der Waals surface area contributed by atoms with Gasteiger partial charge < -0.3 is 4.57 Å². The van der Waals surface area contributed by atoms with E-state index in [0.29, 0.717) is 11.4 Å². The highest BCUT2D eigenvalue weighted by Crippen LogP contribution is 2.17. The van der Waals surface area contributed by atoms with Crippen molar-refractivity contribution in [1.29, 1.82) is 0 Å². The molecule has 7 nitrogen and oxygen atoms in total. The predicted octanol–water partition coefficient (Wildman–Crippen LogP) is 2.08. The van der Waals surface area contributed by atoms with E-state index in [-0.39, 0.29) is 11.2 Å². The third-order valence-corrected chi connectivity index (χ3v) is 3.26. The van der Waals surface area contributed by atoms with Crippen LogP contribution in [0.25, 0.3) is 17.1 Å². The highest BCUT2D eigenvalue weighted by Gasteiger charge is 2.10. The summed E-state index contributed by atoms with van der Waals surface area (Å²) in [7, 11) is 1.89. The zero-order chi connectivity index (χ0) is 15.0. The molecule has 21 heavy (non-hydrogen) atoms. The molecule has 106 valence electrons. The molecular weight excluding hydrogens is 272 g/mol. The van der Waals surface area contributed by atoms with Crippen LogP contribution in [0, 0.1) is 10.1 Å². The molecule has 2 aromatic heterocycles. The van der Waals surface area contributed by atoms with Crippen molar-refractivity contribution in [3.05, 3.63) is 69.1 Å². The maximum atomic E-state index is 12.1. The number of aryl methyl sites for hydroxylation is 1. The summed E-state index contributed by atoms with van der Waals surface area (Å²) in [6, 6.07) is 11.1. The van der Waals surface area contributed by atoms with Crippen LogP contribution in [-0.2, 0) is 7.05 Å². The average Bonchev–Trinajstić information content (AvgIpc) is 3.05. The SMILES string of the molecule is Cn1cccc1-c1cc(=O)n(-c2ccc([N+](=O)[O-])cc2)[nH]1. The van der Waals surface area contributed by atoms with Gasteiger partial charge in [-0.1, -0.05) is 0 Å². The monoisotopic (exact) mass is 284 g/mol. The van der Waals surface area contributed by atoms with Gasteiger partial charge in [0.25, 0.3) is 11.2 Å². The number of aromatic nitrogens is 3. The van der Waals surface area contributed by atoms with Gasteiger partial charge in [-0.05, 0) is 24.3 Å². The van der Waals surface area contributed by atoms with Crippen LogP contribution in [0.5, 0.6) is 0 Å². The Bertz CT molecular complexity index is 855. The topological polar surface area (TPSA) is 85.9 Å². The Morgan fingerprint density at radius 1 is 1.19 bits per heavy atom. The quantitative estimate of drug-likeness (QED) is 0.590. The van der Waals surface area contributed by atoms with Crippen molar-refractivity contribution < 1.29 is 4.92 Å². The maximum absolute atomic E-state index is 12.1. The van der Waals surface area contributed by atoms with E-state index in [1.165, 1.54) is 35.0 Å². The molecule has 0 radical (unpaired) electrons. The van der Waals surface area contributed by atoms with Crippen LogP contribution >= 0.6 is 0 Å². The molecule has 1 aromatic carbocycles. The van der Waals surface area contributed by atoms with Crippen molar-refractivity contribution >= 4 is 5.69 Å². The highest BCUT2D eigenvalue weighted by molar-refractivity contribution is 5.55. The second-order valence-corrected chi connectivity index (χ2v) is 4.62. The predicted molar refractivity (Wildman–Crippen MR) is 77.5 cm³/mol. The van der Waals surface area contributed by atoms with E-state index in [1.54, 1.807) is 0 Å². The smallest absolute Gasteiger partial charge is 0.271 e. The first kappa shape index (κ1) is 12.9. The fourth-order valence-corrected chi connectivity index (χ4v) is 2.18. The molecule has 0 fully saturated rings. The van der Waals surface area contributed by atoms with E-state index in [9.17, 15) is 14.9 Å². The van der Waals surface area contributed by atoms with E-state index in [0.717, 1.165) is 5.69 Å². The van der Waals surface area contributed by atoms with Gasteiger partial charge in [0.05, 0.1) is 22.0 Å². The molecular formula is C14H12N4O3. The molecule has 0 spiro atoms. The van der Waals surface area contributed by atoms with Crippen LogP contribution in [0.1, 0.15) is 0 Å². The van der Waals surface area contributed by atoms with Crippen molar-refractivity contribution in [2.75, 3.05) is 0 Å². The Kier molecular flexibility index (Phi) is 2.94. The number of aromatic amines is 1. The summed E-state index contributed by atoms with van der Waals surface area (Å²) in [5.41, 5.74) is 1.88. The lowest BCUT2D eigenvalue weighted by atomic mass is 10.3. The molecule has 0 unspecified atom stereocenters. The molecule has 7 heteroatoms. The minimum absolute atomic E-state index is 0.0130. The number of non-ortho nitro benzene ring substituents is 1. The lowest BCUT2D eigenvalue weighted by molar-refractivity contribution is -0.384. The van der Waals surface area contributed by atoms with Crippen LogP contribution in [0.15, 0.2) is 53.5 Å². The third kappa shape index (κ3) is 2.25. The fraction of sp³-hybridized carbons (Fsp3) is 0.0714. The lowest BCUT2D eigenvalue weighted by Crippen LogP contribution is -2.13. The van der Waals surface area contributed by atoms with Gasteiger partial charge >= 0.3 is 0 Å². The summed E-state index contributed by atoms with van der Waals surface area (Å²) in [4.78, 5) is 22.2. The molecule has 0 amide bonds. The highest BCUT2D eigenvalue weighted by atomic mass is 16.6. The van der Waals surface area contributed by atoms with Crippen LogP contribution in [0.3, 0.4) is 0 Å². The molecule has 0 bridgehead atoms. The largest absolute Gasteiger partial charge is 0.349 e. The minimum Gasteiger partial charge on any atom is -0.349 e. The van der Waals surface area contributed by atoms with Gasteiger partial charge in [-0.25, -0.2) is 4.68 Å². The Balaban J connectivity index is 2.04. The number of rotatable bonds is 3. The lowest BCUT2D eigenvalue weighted by Gasteiger charge is -2.03. The number of nitro groups is 1. The molecule has 2 heterocycles. The van der Waals surface area contributed by atoms with Gasteiger partial charge in [-0.2, -0.15) is 0 Å². The number of nitro benzene ring substituents is 1. The molecule has 0 aliphatic heterocycles. The van der Waals surface area contributed by atoms with E-state index in [1.807, 2.05) is 29.9 Å². The van der Waals surface area contributed by atoms with Gasteiger partial charge in [-0.3, -0.25) is 20.0 Å². The second-order valence-electron chi connectivity index (χ2n) is 4.62. The van der Waals surface area contributed by atoms with Crippen molar-refractivity contribution in [1.82, 2.24) is 14.3 Å². The van der Waals surface area contributed by atoms with E-state index in [2.05, 4.69) is 5.10 Å². The minimum atomic E-state index is -0.476. The molecule has 0 saturated carbocycles. The Morgan fingerprint density at radius 3 is 2.48 bits per heavy atom. The molecule has 0 saturated heterocycles. The molecule has 0 aliphatic rings. The zero-order valence-electron chi connectivity index (χ0n) is 11.2.